The van der Waals surface area contributed by atoms with Crippen molar-refractivity contribution in [1.29, 1.82) is 0 Å². The van der Waals surface area contributed by atoms with E-state index in [1.165, 1.54) is 39.2 Å². The molecule has 3 fully saturated rings. The molecule has 1 saturated carbocycles. The molecular weight excluding hydrogens is 811 g/mol. The van der Waals surface area contributed by atoms with Crippen LogP contribution in [-0.2, 0) is 9.47 Å². The number of nitrogens with zero attached hydrogens (tertiary/aromatic N) is 5. The van der Waals surface area contributed by atoms with Gasteiger partial charge in [-0.25, -0.2) is 9.97 Å². The Labute approximate surface area is 376 Å². The highest BCUT2D eigenvalue weighted by atomic mass is 16.6. The van der Waals surface area contributed by atoms with E-state index in [2.05, 4.69) is 91.3 Å². The van der Waals surface area contributed by atoms with Gasteiger partial charge in [0.15, 0.2) is 6.23 Å². The minimum absolute atomic E-state index is 0.0550. The number of likely N-dealkylation sites (tertiary alicyclic amines) is 2. The van der Waals surface area contributed by atoms with E-state index >= 15 is 0 Å². The lowest BCUT2D eigenvalue weighted by molar-refractivity contribution is -0.132. The van der Waals surface area contributed by atoms with Crippen LogP contribution in [0.5, 0.6) is 5.75 Å². The summed E-state index contributed by atoms with van der Waals surface area (Å²) in [6.07, 6.45) is 10.7. The number of ether oxygens (including phenoxy) is 3. The van der Waals surface area contributed by atoms with Gasteiger partial charge in [-0.15, -0.1) is 0 Å². The molecule has 3 aliphatic heterocycles. The van der Waals surface area contributed by atoms with Crippen molar-refractivity contribution in [2.75, 3.05) is 33.9 Å². The first-order valence-corrected chi connectivity index (χ1v) is 23.7. The number of hydrogen-bond acceptors (Lipinski definition) is 12. The number of benzene rings is 2. The van der Waals surface area contributed by atoms with Crippen LogP contribution < -0.4 is 15.4 Å². The van der Waals surface area contributed by atoms with Crippen molar-refractivity contribution in [2.45, 2.75) is 135 Å². The third-order valence-corrected chi connectivity index (χ3v) is 14.5. The summed E-state index contributed by atoms with van der Waals surface area (Å²) < 4.78 is 19.8. The third kappa shape index (κ3) is 9.03. The molecule has 4 aliphatic rings. The predicted octanol–water partition coefficient (Wildman–Crippen LogP) is 7.23. The molecule has 0 bridgehead atoms. The summed E-state index contributed by atoms with van der Waals surface area (Å²) in [6, 6.07) is 15.3. The minimum atomic E-state index is -1.16. The minimum Gasteiger partial charge on any atom is -0.469 e. The standard InChI is InChI=1S/C49H69N9O6/c1-28(2)37(54-48(60)62-5)27-56-20-10-14-39(56)44-50-26-36(52-44)32-16-18-34-41-23-33-22-31(17-19-38(33)58(41)47(64-42(34)24-32)30-12-8-7-9-13-30)35-25-51-45(53-35)40-15-11-21-57(40)46(59)43(29(3)4)55-49(61)63-6/h16-19,22-26,28-30,37,39-40,43,46-49,54-55,59-61H,7-15,20-21,27H2,1-6H3,(H,50,52)(H,51,53). The molecule has 7 N–H and O–H groups in total. The number of imidazole rings is 2. The Balaban J connectivity index is 0.981. The molecule has 8 atom stereocenters. The van der Waals surface area contributed by atoms with Crippen LogP contribution in [0.4, 0.5) is 0 Å². The fraction of sp³-hybridized carbons (Fsp3) is 0.592. The predicted molar refractivity (Wildman–Crippen MR) is 247 cm³/mol. The van der Waals surface area contributed by atoms with Crippen molar-refractivity contribution in [1.82, 2.24) is 44.9 Å². The topological polar surface area (TPSA) is 181 Å². The smallest absolute Gasteiger partial charge is 0.213 e. The van der Waals surface area contributed by atoms with Gasteiger partial charge in [0.25, 0.3) is 0 Å². The SMILES string of the molecule is COC(O)NC(CN1CCCC1c1ncc(-c2ccc3c(c2)OC(C2CCCCC2)n2c-3cc3cc(-c4cnc(C5CCCN5C(O)C(NC(O)OC)C(C)C)[nH]4)ccc32)[nH]1)C(C)C. The van der Waals surface area contributed by atoms with E-state index < -0.39 is 25.1 Å². The van der Waals surface area contributed by atoms with E-state index in [1.807, 2.05) is 26.2 Å². The molecule has 5 aromatic rings. The van der Waals surface area contributed by atoms with E-state index in [0.29, 0.717) is 11.8 Å². The van der Waals surface area contributed by atoms with E-state index in [1.54, 1.807) is 0 Å². The molecule has 3 aromatic heterocycles. The van der Waals surface area contributed by atoms with Gasteiger partial charge < -0.3 is 44.1 Å². The fourth-order valence-electron chi connectivity index (χ4n) is 10.9. The number of nitrogens with one attached hydrogen (secondary N) is 4. The summed E-state index contributed by atoms with van der Waals surface area (Å²) in [6.45, 7) is 10.9. The molecule has 6 heterocycles. The Hall–Kier alpha value is -4.16. The van der Waals surface area contributed by atoms with Gasteiger partial charge in [0.1, 0.15) is 23.6 Å². The molecule has 0 amide bonds. The van der Waals surface area contributed by atoms with Crippen LogP contribution in [0.25, 0.3) is 44.7 Å². The van der Waals surface area contributed by atoms with Gasteiger partial charge in [0.05, 0.1) is 53.1 Å². The van der Waals surface area contributed by atoms with Gasteiger partial charge in [-0.3, -0.25) is 20.4 Å². The zero-order valence-electron chi connectivity index (χ0n) is 38.3. The first-order valence-electron chi connectivity index (χ1n) is 23.7. The van der Waals surface area contributed by atoms with Gasteiger partial charge in [0, 0.05) is 61.3 Å². The Kier molecular flexibility index (Phi) is 13.6. The van der Waals surface area contributed by atoms with Crippen LogP contribution in [0.3, 0.4) is 0 Å². The number of aliphatic hydroxyl groups is 3. The maximum absolute atomic E-state index is 11.6. The highest BCUT2D eigenvalue weighted by molar-refractivity contribution is 5.92. The third-order valence-electron chi connectivity index (χ3n) is 14.5. The highest BCUT2D eigenvalue weighted by Crippen LogP contribution is 2.48. The molecule has 15 nitrogen and oxygen atoms in total. The van der Waals surface area contributed by atoms with E-state index in [-0.39, 0.29) is 30.3 Å². The average Bonchev–Trinajstić information content (AvgIpc) is 4.17. The summed E-state index contributed by atoms with van der Waals surface area (Å²) >= 11 is 0. The molecule has 8 unspecified atom stereocenters. The van der Waals surface area contributed by atoms with Crippen molar-refractivity contribution < 1.29 is 29.5 Å². The largest absolute Gasteiger partial charge is 0.469 e. The Morgan fingerprint density at radius 3 is 2.11 bits per heavy atom. The molecule has 0 radical (unpaired) electrons. The van der Waals surface area contributed by atoms with Crippen molar-refractivity contribution in [2.24, 2.45) is 17.8 Å². The van der Waals surface area contributed by atoms with Crippen molar-refractivity contribution >= 4 is 10.9 Å². The number of methoxy groups -OCH3 is 2. The summed E-state index contributed by atoms with van der Waals surface area (Å²) in [7, 11) is 2.94. The van der Waals surface area contributed by atoms with Crippen molar-refractivity contribution in [3.05, 3.63) is 66.5 Å². The van der Waals surface area contributed by atoms with E-state index in [9.17, 15) is 15.3 Å². The molecule has 64 heavy (non-hydrogen) atoms. The Morgan fingerprint density at radius 1 is 0.750 bits per heavy atom. The quantitative estimate of drug-likeness (QED) is 0.0467. The Morgan fingerprint density at radius 2 is 1.41 bits per heavy atom. The number of H-pyrrole nitrogens is 2. The molecular formula is C49H69N9O6. The van der Waals surface area contributed by atoms with Crippen LogP contribution >= 0.6 is 0 Å². The second kappa shape index (κ2) is 19.4. The second-order valence-electron chi connectivity index (χ2n) is 19.2. The van der Waals surface area contributed by atoms with Gasteiger partial charge in [-0.05, 0) is 87.2 Å². The zero-order valence-corrected chi connectivity index (χ0v) is 38.3. The maximum Gasteiger partial charge on any atom is 0.213 e. The lowest BCUT2D eigenvalue weighted by Gasteiger charge is -2.37. The van der Waals surface area contributed by atoms with E-state index in [4.69, 9.17) is 24.2 Å². The first kappa shape index (κ1) is 45.0. The van der Waals surface area contributed by atoms with E-state index in [0.717, 1.165) is 115 Å². The Bertz CT molecular complexity index is 2340. The number of aromatic nitrogens is 5. The number of rotatable bonds is 17. The van der Waals surface area contributed by atoms with Crippen LogP contribution in [0.2, 0.25) is 0 Å². The molecule has 2 aromatic carbocycles. The van der Waals surface area contributed by atoms with Gasteiger partial charge in [-0.1, -0.05) is 59.1 Å². The van der Waals surface area contributed by atoms with Crippen molar-refractivity contribution in [3.8, 4) is 39.5 Å². The maximum atomic E-state index is 11.6. The average molecular weight is 880 g/mol. The first-order chi connectivity index (χ1) is 31.0. The second-order valence-corrected chi connectivity index (χ2v) is 19.2. The summed E-state index contributed by atoms with van der Waals surface area (Å²) in [4.78, 5) is 21.7. The number of aromatic amines is 2. The number of aliphatic hydroxyl groups excluding tert-OH is 3. The van der Waals surface area contributed by atoms with Gasteiger partial charge in [-0.2, -0.15) is 0 Å². The molecule has 1 aliphatic carbocycles. The molecule has 15 heteroatoms. The van der Waals surface area contributed by atoms with Crippen LogP contribution in [0.1, 0.15) is 115 Å². The number of hydrogen-bond donors (Lipinski definition) is 7. The lowest BCUT2D eigenvalue weighted by Crippen LogP contribution is -2.55. The van der Waals surface area contributed by atoms with Crippen LogP contribution in [0, 0.1) is 17.8 Å². The van der Waals surface area contributed by atoms with Crippen molar-refractivity contribution in [3.63, 3.8) is 0 Å². The zero-order chi connectivity index (χ0) is 44.6. The normalized spacial score (nSPS) is 23.4. The molecule has 346 valence electrons. The fourth-order valence-corrected chi connectivity index (χ4v) is 10.9. The van der Waals surface area contributed by atoms with Gasteiger partial charge in [0.2, 0.25) is 12.8 Å². The monoisotopic (exact) mass is 880 g/mol. The number of fused-ring (bicyclic) bond motifs is 5. The molecule has 9 rings (SSSR count). The summed E-state index contributed by atoms with van der Waals surface area (Å²) in [5.74, 6) is 3.48. The summed E-state index contributed by atoms with van der Waals surface area (Å²) in [5, 5.41) is 39.3. The van der Waals surface area contributed by atoms with Crippen LogP contribution in [0.15, 0.2) is 54.9 Å². The molecule has 2 saturated heterocycles. The highest BCUT2D eigenvalue weighted by Gasteiger charge is 2.39. The lowest BCUT2D eigenvalue weighted by atomic mass is 9.87. The van der Waals surface area contributed by atoms with Crippen LogP contribution in [-0.4, -0.2) is 115 Å². The molecule has 0 spiro atoms. The summed E-state index contributed by atoms with van der Waals surface area (Å²) in [5.41, 5.74) is 7.41. The van der Waals surface area contributed by atoms with Gasteiger partial charge >= 0.3 is 0 Å².